The summed E-state index contributed by atoms with van der Waals surface area (Å²) >= 11 is 0. The van der Waals surface area contributed by atoms with Crippen molar-refractivity contribution in [3.8, 4) is 11.1 Å². The van der Waals surface area contributed by atoms with Crippen LogP contribution in [0.5, 0.6) is 0 Å². The van der Waals surface area contributed by atoms with Crippen molar-refractivity contribution in [1.82, 2.24) is 0 Å². The first-order valence-electron chi connectivity index (χ1n) is 11.0. The molecule has 0 fully saturated rings. The van der Waals surface area contributed by atoms with E-state index in [-0.39, 0.29) is 10.8 Å². The lowest BCUT2D eigenvalue weighted by atomic mass is 9.76. The molecule has 0 amide bonds. The number of hydrogen-bond acceptors (Lipinski definition) is 0. The van der Waals surface area contributed by atoms with Crippen molar-refractivity contribution in [3.05, 3.63) is 70.3 Å². The van der Waals surface area contributed by atoms with Gasteiger partial charge in [-0.15, -0.1) is 0 Å². The van der Waals surface area contributed by atoms with Gasteiger partial charge in [-0.25, -0.2) is 0 Å². The molecule has 0 spiro atoms. The minimum absolute atomic E-state index is 0.178. The number of fused-ring (bicyclic) bond motifs is 3. The Morgan fingerprint density at radius 1 is 0.759 bits per heavy atom. The Balaban J connectivity index is 1.91. The van der Waals surface area contributed by atoms with Gasteiger partial charge in [-0.2, -0.15) is 0 Å². The molecule has 151 valence electrons. The molecular weight excluding hydrogens is 364 g/mol. The van der Waals surface area contributed by atoms with Gasteiger partial charge in [0.15, 0.2) is 0 Å². The van der Waals surface area contributed by atoms with Crippen LogP contribution >= 0.6 is 0 Å². The van der Waals surface area contributed by atoms with Crippen LogP contribution in [-0.4, -0.2) is 8.80 Å². The predicted molar refractivity (Wildman–Crippen MR) is 130 cm³/mol. The first-order chi connectivity index (χ1) is 13.5. The molecule has 29 heavy (non-hydrogen) atoms. The van der Waals surface area contributed by atoms with Crippen LogP contribution in [0.15, 0.2) is 53.6 Å². The van der Waals surface area contributed by atoms with Crippen LogP contribution in [-0.2, 0) is 6.42 Å². The first kappa shape index (κ1) is 20.4. The molecule has 0 bridgehead atoms. The van der Waals surface area contributed by atoms with E-state index in [0.29, 0.717) is 0 Å². The SMILES string of the molecule is C[Si](C)c1ccc2c(c1C1=CC(C(C)(C)C)=C(C(C)(C)C)C1)Cc1ccccc1-2. The highest BCUT2D eigenvalue weighted by molar-refractivity contribution is 6.71. The second-order valence-electron chi connectivity index (χ2n) is 11.1. The van der Waals surface area contributed by atoms with E-state index in [9.17, 15) is 0 Å². The van der Waals surface area contributed by atoms with Crippen molar-refractivity contribution in [1.29, 1.82) is 0 Å². The maximum atomic E-state index is 2.56. The molecule has 0 nitrogen and oxygen atoms in total. The van der Waals surface area contributed by atoms with Gasteiger partial charge < -0.3 is 0 Å². The van der Waals surface area contributed by atoms with Crippen molar-refractivity contribution < 1.29 is 0 Å². The zero-order valence-electron chi connectivity index (χ0n) is 19.5. The van der Waals surface area contributed by atoms with Crippen molar-refractivity contribution in [3.63, 3.8) is 0 Å². The van der Waals surface area contributed by atoms with Crippen LogP contribution < -0.4 is 5.19 Å². The highest BCUT2D eigenvalue weighted by Gasteiger charge is 2.34. The molecule has 0 saturated carbocycles. The molecule has 2 aromatic carbocycles. The number of allylic oxidation sites excluding steroid dienone is 4. The Hall–Kier alpha value is -1.86. The summed E-state index contributed by atoms with van der Waals surface area (Å²) in [5, 5.41) is 1.61. The van der Waals surface area contributed by atoms with E-state index in [1.54, 1.807) is 33.0 Å². The molecule has 2 aliphatic rings. The minimum Gasteiger partial charge on any atom is -0.0671 e. The molecule has 0 aliphatic heterocycles. The molecule has 4 rings (SSSR count). The van der Waals surface area contributed by atoms with Gasteiger partial charge in [0, 0.05) is 0 Å². The topological polar surface area (TPSA) is 0 Å². The van der Waals surface area contributed by atoms with Crippen LogP contribution in [0.1, 0.15) is 64.7 Å². The van der Waals surface area contributed by atoms with Crippen LogP contribution in [0, 0.1) is 10.8 Å². The van der Waals surface area contributed by atoms with E-state index in [1.165, 1.54) is 16.7 Å². The van der Waals surface area contributed by atoms with Gasteiger partial charge in [0.2, 0.25) is 0 Å². The van der Waals surface area contributed by atoms with E-state index in [0.717, 1.165) is 12.8 Å². The van der Waals surface area contributed by atoms with Crippen LogP contribution in [0.2, 0.25) is 13.1 Å². The molecular formula is C28H35Si. The highest BCUT2D eigenvalue weighted by Crippen LogP contribution is 2.49. The average Bonchev–Trinajstić information content (AvgIpc) is 3.22. The number of hydrogen-bond donors (Lipinski definition) is 0. The largest absolute Gasteiger partial charge is 0.0799 e. The maximum absolute atomic E-state index is 2.56. The summed E-state index contributed by atoms with van der Waals surface area (Å²) in [6, 6.07) is 13.8. The molecule has 1 heteroatoms. The van der Waals surface area contributed by atoms with Crippen LogP contribution in [0.3, 0.4) is 0 Å². The summed E-state index contributed by atoms with van der Waals surface area (Å²) in [7, 11) is -0.550. The molecule has 2 aliphatic carbocycles. The first-order valence-corrected chi connectivity index (χ1v) is 13.5. The standard InChI is InChI=1S/C28H35Si/c1-27(2,3)23-16-19(17-24(23)28(4,5)6)26-22-15-18-11-9-10-12-20(18)21(22)13-14-25(26)29(7)8/h9-14,16H,15,17H2,1-8H3. The van der Waals surface area contributed by atoms with Gasteiger partial charge in [-0.3, -0.25) is 0 Å². The van der Waals surface area contributed by atoms with Crippen molar-refractivity contribution in [2.45, 2.75) is 67.5 Å². The Morgan fingerprint density at radius 3 is 2.03 bits per heavy atom. The minimum atomic E-state index is -0.550. The third-order valence-corrected chi connectivity index (χ3v) is 8.07. The average molecular weight is 400 g/mol. The summed E-state index contributed by atoms with van der Waals surface area (Å²) in [5.74, 6) is 0. The fourth-order valence-electron chi connectivity index (χ4n) is 5.09. The Bertz CT molecular complexity index is 1030. The lowest BCUT2D eigenvalue weighted by Crippen LogP contribution is -2.27. The Labute approximate surface area is 179 Å². The summed E-state index contributed by atoms with van der Waals surface area (Å²) in [6.07, 6.45) is 4.75. The smallest absolute Gasteiger partial charge is 0.0671 e. The van der Waals surface area contributed by atoms with Gasteiger partial charge >= 0.3 is 0 Å². The Kier molecular flexibility index (Phi) is 4.81. The van der Waals surface area contributed by atoms with Crippen LogP contribution in [0.4, 0.5) is 0 Å². The zero-order chi connectivity index (χ0) is 21.1. The van der Waals surface area contributed by atoms with Gasteiger partial charge in [-0.1, -0.05) is 108 Å². The van der Waals surface area contributed by atoms with E-state index in [1.807, 2.05) is 0 Å². The molecule has 0 heterocycles. The monoisotopic (exact) mass is 399 g/mol. The third kappa shape index (κ3) is 3.48. The van der Waals surface area contributed by atoms with Crippen molar-refractivity contribution >= 4 is 19.6 Å². The van der Waals surface area contributed by atoms with Gasteiger partial charge in [-0.05, 0) is 62.6 Å². The predicted octanol–water partition coefficient (Wildman–Crippen LogP) is 7.40. The quantitative estimate of drug-likeness (QED) is 0.394. The van der Waals surface area contributed by atoms with Gasteiger partial charge in [0.05, 0.1) is 8.80 Å². The molecule has 0 N–H and O–H groups in total. The van der Waals surface area contributed by atoms with Crippen molar-refractivity contribution in [2.75, 3.05) is 0 Å². The second-order valence-corrected chi connectivity index (χ2v) is 13.6. The summed E-state index contributed by atoms with van der Waals surface area (Å²) in [6.45, 7) is 19.1. The number of benzene rings is 2. The normalized spacial score (nSPS) is 16.4. The fourth-order valence-corrected chi connectivity index (χ4v) is 6.32. The lowest BCUT2D eigenvalue weighted by Gasteiger charge is -2.29. The summed E-state index contributed by atoms with van der Waals surface area (Å²) < 4.78 is 0. The Morgan fingerprint density at radius 2 is 1.45 bits per heavy atom. The number of rotatable bonds is 2. The van der Waals surface area contributed by atoms with Gasteiger partial charge in [0.25, 0.3) is 0 Å². The molecule has 2 aromatic rings. The molecule has 0 unspecified atom stereocenters. The van der Waals surface area contributed by atoms with Crippen molar-refractivity contribution in [2.24, 2.45) is 10.8 Å². The molecule has 0 atom stereocenters. The second kappa shape index (κ2) is 6.84. The van der Waals surface area contributed by atoms with E-state index >= 15 is 0 Å². The molecule has 1 radical (unpaired) electrons. The third-order valence-electron chi connectivity index (χ3n) is 6.57. The van der Waals surface area contributed by atoms with E-state index < -0.39 is 8.80 Å². The van der Waals surface area contributed by atoms with E-state index in [2.05, 4.69) is 97.1 Å². The molecule has 0 aromatic heterocycles. The van der Waals surface area contributed by atoms with E-state index in [4.69, 9.17) is 0 Å². The summed E-state index contributed by atoms with van der Waals surface area (Å²) in [5.41, 5.74) is 12.7. The lowest BCUT2D eigenvalue weighted by molar-refractivity contribution is 0.453. The van der Waals surface area contributed by atoms with Crippen LogP contribution in [0.25, 0.3) is 16.7 Å². The fraction of sp³-hybridized carbons (Fsp3) is 0.429. The highest BCUT2D eigenvalue weighted by atomic mass is 28.3. The zero-order valence-corrected chi connectivity index (χ0v) is 20.5. The summed E-state index contributed by atoms with van der Waals surface area (Å²) in [4.78, 5) is 0. The maximum Gasteiger partial charge on any atom is 0.0799 e. The van der Waals surface area contributed by atoms with Gasteiger partial charge in [0.1, 0.15) is 0 Å². The molecule has 0 saturated heterocycles.